The fraction of sp³-hybridized carbons (Fsp3) is 0.308. The van der Waals surface area contributed by atoms with Gasteiger partial charge in [0.1, 0.15) is 5.15 Å². The number of methoxy groups -OCH3 is 1. The number of nitrogens with one attached hydrogen (secondary N) is 1. The molecule has 0 saturated heterocycles. The van der Waals surface area contributed by atoms with E-state index in [2.05, 4.69) is 10.4 Å². The van der Waals surface area contributed by atoms with Crippen LogP contribution in [0.25, 0.3) is 0 Å². The zero-order chi connectivity index (χ0) is 14.0. The SMILES string of the molecule is COc1cc(NCc2c(C)nn(C)c2Cl)ccc1F. The Morgan fingerprint density at radius 2 is 2.21 bits per heavy atom. The quantitative estimate of drug-likeness (QED) is 0.937. The molecular formula is C13H15ClFN3O. The van der Waals surface area contributed by atoms with Crippen LogP contribution in [0.4, 0.5) is 10.1 Å². The summed E-state index contributed by atoms with van der Waals surface area (Å²) in [6.07, 6.45) is 0. The van der Waals surface area contributed by atoms with Crippen LogP contribution in [-0.2, 0) is 13.6 Å². The van der Waals surface area contributed by atoms with Crippen LogP contribution in [-0.4, -0.2) is 16.9 Å². The van der Waals surface area contributed by atoms with E-state index in [-0.39, 0.29) is 11.6 Å². The number of aromatic nitrogens is 2. The normalized spacial score (nSPS) is 10.6. The third kappa shape index (κ3) is 2.81. The van der Waals surface area contributed by atoms with Crippen LogP contribution in [0.5, 0.6) is 5.75 Å². The molecule has 4 nitrogen and oxygen atoms in total. The average molecular weight is 284 g/mol. The highest BCUT2D eigenvalue weighted by molar-refractivity contribution is 6.30. The lowest BCUT2D eigenvalue weighted by atomic mass is 10.2. The third-order valence-corrected chi connectivity index (χ3v) is 3.36. The van der Waals surface area contributed by atoms with Crippen molar-refractivity contribution < 1.29 is 9.13 Å². The maximum atomic E-state index is 13.3. The highest BCUT2D eigenvalue weighted by Gasteiger charge is 2.11. The molecule has 0 fully saturated rings. The topological polar surface area (TPSA) is 39.1 Å². The van der Waals surface area contributed by atoms with Crippen molar-refractivity contribution in [2.24, 2.45) is 7.05 Å². The first-order valence-corrected chi connectivity index (χ1v) is 6.16. The zero-order valence-corrected chi connectivity index (χ0v) is 11.8. The molecule has 0 bridgehead atoms. The molecule has 0 unspecified atom stereocenters. The molecule has 2 rings (SSSR count). The molecule has 1 aromatic carbocycles. The number of halogens is 2. The van der Waals surface area contributed by atoms with Gasteiger partial charge in [-0.15, -0.1) is 0 Å². The van der Waals surface area contributed by atoms with Gasteiger partial charge in [0.2, 0.25) is 0 Å². The maximum Gasteiger partial charge on any atom is 0.165 e. The first-order chi connectivity index (χ1) is 9.02. The van der Waals surface area contributed by atoms with Gasteiger partial charge in [-0.05, 0) is 19.1 Å². The predicted octanol–water partition coefficient (Wildman–Crippen LogP) is 3.14. The summed E-state index contributed by atoms with van der Waals surface area (Å²) < 4.78 is 19.8. The van der Waals surface area contributed by atoms with Gasteiger partial charge in [0.05, 0.1) is 12.8 Å². The van der Waals surface area contributed by atoms with Gasteiger partial charge in [-0.3, -0.25) is 4.68 Å². The van der Waals surface area contributed by atoms with E-state index in [1.54, 1.807) is 23.9 Å². The molecule has 0 saturated carbocycles. The molecule has 0 aliphatic rings. The van der Waals surface area contributed by atoms with Crippen LogP contribution < -0.4 is 10.1 Å². The fourth-order valence-corrected chi connectivity index (χ4v) is 2.08. The number of benzene rings is 1. The van der Waals surface area contributed by atoms with Gasteiger partial charge in [-0.2, -0.15) is 5.10 Å². The van der Waals surface area contributed by atoms with Gasteiger partial charge in [-0.1, -0.05) is 11.6 Å². The molecule has 0 atom stereocenters. The summed E-state index contributed by atoms with van der Waals surface area (Å²) in [4.78, 5) is 0. The summed E-state index contributed by atoms with van der Waals surface area (Å²) in [7, 11) is 3.23. The summed E-state index contributed by atoms with van der Waals surface area (Å²) >= 11 is 6.14. The highest BCUT2D eigenvalue weighted by atomic mass is 35.5. The van der Waals surface area contributed by atoms with E-state index in [9.17, 15) is 4.39 Å². The molecule has 0 radical (unpaired) electrons. The number of hydrogen-bond acceptors (Lipinski definition) is 3. The summed E-state index contributed by atoms with van der Waals surface area (Å²) in [5, 5.41) is 8.00. The lowest BCUT2D eigenvalue weighted by Gasteiger charge is -2.08. The first kappa shape index (κ1) is 13.7. The van der Waals surface area contributed by atoms with Crippen molar-refractivity contribution >= 4 is 17.3 Å². The molecule has 102 valence electrons. The Hall–Kier alpha value is -1.75. The van der Waals surface area contributed by atoms with Crippen LogP contribution in [0.15, 0.2) is 18.2 Å². The standard InChI is InChI=1S/C13H15ClFN3O/c1-8-10(13(14)18(2)17-8)7-16-9-4-5-11(15)12(6-9)19-3/h4-6,16H,7H2,1-3H3. The molecule has 6 heteroatoms. The Morgan fingerprint density at radius 1 is 1.47 bits per heavy atom. The number of nitrogens with zero attached hydrogens (tertiary/aromatic N) is 2. The minimum absolute atomic E-state index is 0.207. The van der Waals surface area contributed by atoms with Crippen LogP contribution in [0.3, 0.4) is 0 Å². The van der Waals surface area contributed by atoms with Crippen molar-refractivity contribution in [1.82, 2.24) is 9.78 Å². The highest BCUT2D eigenvalue weighted by Crippen LogP contribution is 2.24. The second kappa shape index (κ2) is 5.48. The van der Waals surface area contributed by atoms with Crippen molar-refractivity contribution in [3.63, 3.8) is 0 Å². The summed E-state index contributed by atoms with van der Waals surface area (Å²) in [5.41, 5.74) is 2.55. The Bertz CT molecular complexity index is 598. The van der Waals surface area contributed by atoms with E-state index in [1.165, 1.54) is 13.2 Å². The Balaban J connectivity index is 2.14. The Morgan fingerprint density at radius 3 is 2.79 bits per heavy atom. The molecule has 19 heavy (non-hydrogen) atoms. The second-order valence-electron chi connectivity index (χ2n) is 4.18. The third-order valence-electron chi connectivity index (χ3n) is 2.89. The minimum atomic E-state index is -0.386. The number of rotatable bonds is 4. The van der Waals surface area contributed by atoms with Crippen LogP contribution in [0.1, 0.15) is 11.3 Å². The molecule has 0 amide bonds. The van der Waals surface area contributed by atoms with Crippen molar-refractivity contribution in [2.75, 3.05) is 12.4 Å². The van der Waals surface area contributed by atoms with E-state index >= 15 is 0 Å². The molecule has 1 aromatic heterocycles. The predicted molar refractivity (Wildman–Crippen MR) is 73.2 cm³/mol. The van der Waals surface area contributed by atoms with Crippen LogP contribution in [0, 0.1) is 12.7 Å². The number of ether oxygens (including phenoxy) is 1. The zero-order valence-electron chi connectivity index (χ0n) is 11.0. The van der Waals surface area contributed by atoms with Crippen LogP contribution >= 0.6 is 11.6 Å². The van der Waals surface area contributed by atoms with Gasteiger partial charge in [0.15, 0.2) is 11.6 Å². The Kier molecular flexibility index (Phi) is 3.95. The minimum Gasteiger partial charge on any atom is -0.494 e. The van der Waals surface area contributed by atoms with Gasteiger partial charge in [0, 0.05) is 30.9 Å². The maximum absolute atomic E-state index is 13.3. The lowest BCUT2D eigenvalue weighted by molar-refractivity contribution is 0.387. The van der Waals surface area contributed by atoms with E-state index < -0.39 is 0 Å². The number of hydrogen-bond donors (Lipinski definition) is 1. The lowest BCUT2D eigenvalue weighted by Crippen LogP contribution is -2.01. The Labute approximate surface area is 116 Å². The monoisotopic (exact) mass is 283 g/mol. The largest absolute Gasteiger partial charge is 0.494 e. The first-order valence-electron chi connectivity index (χ1n) is 5.78. The number of anilines is 1. The van der Waals surface area contributed by atoms with Crippen molar-refractivity contribution in [3.8, 4) is 5.75 Å². The molecule has 1 N–H and O–H groups in total. The van der Waals surface area contributed by atoms with E-state index in [0.717, 1.165) is 16.9 Å². The molecule has 1 heterocycles. The summed E-state index contributed by atoms with van der Waals surface area (Å²) in [6, 6.07) is 4.62. The van der Waals surface area contributed by atoms with Gasteiger partial charge in [-0.25, -0.2) is 4.39 Å². The molecular weight excluding hydrogens is 269 g/mol. The average Bonchev–Trinajstić information content (AvgIpc) is 2.63. The summed E-state index contributed by atoms with van der Waals surface area (Å²) in [6.45, 7) is 2.42. The van der Waals surface area contributed by atoms with E-state index in [1.807, 2.05) is 6.92 Å². The van der Waals surface area contributed by atoms with Crippen molar-refractivity contribution in [2.45, 2.75) is 13.5 Å². The van der Waals surface area contributed by atoms with Crippen LogP contribution in [0.2, 0.25) is 5.15 Å². The van der Waals surface area contributed by atoms with Crippen molar-refractivity contribution in [3.05, 3.63) is 40.4 Å². The van der Waals surface area contributed by atoms with Gasteiger partial charge in [0.25, 0.3) is 0 Å². The molecule has 0 aliphatic heterocycles. The molecule has 0 spiro atoms. The molecule has 0 aliphatic carbocycles. The van der Waals surface area contributed by atoms with Gasteiger partial charge < -0.3 is 10.1 Å². The van der Waals surface area contributed by atoms with E-state index in [4.69, 9.17) is 16.3 Å². The smallest absolute Gasteiger partial charge is 0.165 e. The van der Waals surface area contributed by atoms with Gasteiger partial charge >= 0.3 is 0 Å². The fourth-order valence-electron chi connectivity index (χ4n) is 1.83. The summed E-state index contributed by atoms with van der Waals surface area (Å²) in [5.74, 6) is -0.178. The second-order valence-corrected chi connectivity index (χ2v) is 4.54. The molecule has 2 aromatic rings. The number of aryl methyl sites for hydroxylation is 2. The van der Waals surface area contributed by atoms with E-state index in [0.29, 0.717) is 11.7 Å². The van der Waals surface area contributed by atoms with Crippen molar-refractivity contribution in [1.29, 1.82) is 0 Å².